The summed E-state index contributed by atoms with van der Waals surface area (Å²) in [6, 6.07) is 5.89. The van der Waals surface area contributed by atoms with Gasteiger partial charge in [0, 0.05) is 24.2 Å². The van der Waals surface area contributed by atoms with E-state index in [1.807, 2.05) is 6.07 Å². The van der Waals surface area contributed by atoms with E-state index in [0.29, 0.717) is 23.0 Å². The van der Waals surface area contributed by atoms with Crippen LogP contribution in [0.5, 0.6) is 11.5 Å². The summed E-state index contributed by atoms with van der Waals surface area (Å²) < 4.78 is 10.7. The van der Waals surface area contributed by atoms with Crippen LogP contribution in [0.3, 0.4) is 0 Å². The second-order valence-corrected chi connectivity index (χ2v) is 5.21. The van der Waals surface area contributed by atoms with Crippen molar-refractivity contribution < 1.29 is 9.47 Å². The molecule has 1 heterocycles. The Bertz CT molecular complexity index is 718. The van der Waals surface area contributed by atoms with E-state index in [-0.39, 0.29) is 0 Å². The number of nitriles is 1. The van der Waals surface area contributed by atoms with Crippen molar-refractivity contribution in [1.82, 2.24) is 4.98 Å². The summed E-state index contributed by atoms with van der Waals surface area (Å²) in [5.74, 6) is 2.04. The maximum atomic E-state index is 9.32. The van der Waals surface area contributed by atoms with Crippen molar-refractivity contribution in [2.45, 2.75) is 12.8 Å². The normalized spacial score (nSPS) is 13.8. The van der Waals surface area contributed by atoms with Gasteiger partial charge in [-0.3, -0.25) is 4.98 Å². The van der Waals surface area contributed by atoms with Crippen LogP contribution in [0.4, 0.5) is 5.69 Å². The maximum Gasteiger partial charge on any atom is 0.148 e. The number of methoxy groups -OCH3 is 2. The second kappa shape index (κ2) is 5.49. The third-order valence-corrected chi connectivity index (χ3v) is 3.75. The Kier molecular flexibility index (Phi) is 3.53. The summed E-state index contributed by atoms with van der Waals surface area (Å²) in [7, 11) is 3.21. The summed E-state index contributed by atoms with van der Waals surface area (Å²) in [6.07, 6.45) is 4.10. The molecular formula is C16H17N3O2. The first-order valence-electron chi connectivity index (χ1n) is 6.95. The third kappa shape index (κ3) is 2.57. The average Bonchev–Trinajstić information content (AvgIpc) is 3.35. The van der Waals surface area contributed by atoms with Crippen molar-refractivity contribution in [3.8, 4) is 17.6 Å². The molecule has 1 aliphatic carbocycles. The zero-order valence-corrected chi connectivity index (χ0v) is 12.1. The van der Waals surface area contributed by atoms with E-state index in [1.165, 1.54) is 12.8 Å². The van der Waals surface area contributed by atoms with E-state index < -0.39 is 0 Å². The number of rotatable bonds is 5. The molecule has 5 heteroatoms. The van der Waals surface area contributed by atoms with E-state index in [9.17, 15) is 5.26 Å². The van der Waals surface area contributed by atoms with Gasteiger partial charge < -0.3 is 14.8 Å². The molecule has 5 nitrogen and oxygen atoms in total. The largest absolute Gasteiger partial charge is 0.497 e. The van der Waals surface area contributed by atoms with Crippen LogP contribution in [0, 0.1) is 17.2 Å². The lowest BCUT2D eigenvalue weighted by Gasteiger charge is -2.14. The van der Waals surface area contributed by atoms with Gasteiger partial charge in [0.05, 0.1) is 25.5 Å². The molecule has 0 amide bonds. The van der Waals surface area contributed by atoms with Gasteiger partial charge in [-0.25, -0.2) is 0 Å². The van der Waals surface area contributed by atoms with Crippen LogP contribution >= 0.6 is 0 Å². The molecule has 0 unspecified atom stereocenters. The highest BCUT2D eigenvalue weighted by Gasteiger charge is 2.22. The molecule has 1 aliphatic rings. The van der Waals surface area contributed by atoms with Gasteiger partial charge in [-0.05, 0) is 24.8 Å². The lowest BCUT2D eigenvalue weighted by Crippen LogP contribution is -2.06. The Balaban J connectivity index is 2.16. The van der Waals surface area contributed by atoms with E-state index in [4.69, 9.17) is 9.47 Å². The minimum absolute atomic E-state index is 0.540. The highest BCUT2D eigenvalue weighted by atomic mass is 16.5. The summed E-state index contributed by atoms with van der Waals surface area (Å²) in [5, 5.41) is 13.6. The summed E-state index contributed by atoms with van der Waals surface area (Å²) in [6.45, 7) is 0.882. The van der Waals surface area contributed by atoms with E-state index in [1.54, 1.807) is 26.5 Å². The molecule has 2 aromatic rings. The number of benzene rings is 1. The van der Waals surface area contributed by atoms with Crippen molar-refractivity contribution in [3.05, 3.63) is 23.9 Å². The minimum atomic E-state index is 0.540. The maximum absolute atomic E-state index is 9.32. The highest BCUT2D eigenvalue weighted by molar-refractivity contribution is 5.98. The molecule has 1 aromatic carbocycles. The Morgan fingerprint density at radius 2 is 2.14 bits per heavy atom. The number of pyridine rings is 1. The first-order chi connectivity index (χ1) is 10.3. The molecule has 1 saturated carbocycles. The van der Waals surface area contributed by atoms with Crippen LogP contribution in [0.15, 0.2) is 18.3 Å². The number of nitrogens with one attached hydrogen (secondary N) is 1. The van der Waals surface area contributed by atoms with Crippen molar-refractivity contribution in [2.75, 3.05) is 26.1 Å². The van der Waals surface area contributed by atoms with E-state index in [2.05, 4.69) is 16.4 Å². The number of fused-ring (bicyclic) bond motifs is 1. The van der Waals surface area contributed by atoms with Gasteiger partial charge in [-0.15, -0.1) is 0 Å². The quantitative estimate of drug-likeness (QED) is 0.913. The Labute approximate surface area is 123 Å². The summed E-state index contributed by atoms with van der Waals surface area (Å²) in [4.78, 5) is 4.36. The number of nitrogens with zero attached hydrogens (tertiary/aromatic N) is 2. The first kappa shape index (κ1) is 13.5. The van der Waals surface area contributed by atoms with E-state index in [0.717, 1.165) is 23.1 Å². The van der Waals surface area contributed by atoms with Crippen molar-refractivity contribution in [3.63, 3.8) is 0 Å². The molecule has 0 radical (unpaired) electrons. The summed E-state index contributed by atoms with van der Waals surface area (Å²) in [5.41, 5.74) is 2.08. The predicted molar refractivity (Wildman–Crippen MR) is 80.8 cm³/mol. The van der Waals surface area contributed by atoms with Gasteiger partial charge in [0.15, 0.2) is 0 Å². The SMILES string of the molecule is COc1cc(OC)c2ncc(C#N)c(NCC3CC3)c2c1. The van der Waals surface area contributed by atoms with Gasteiger partial charge in [-0.2, -0.15) is 5.26 Å². The molecule has 0 spiro atoms. The Hall–Kier alpha value is -2.48. The number of hydrogen-bond donors (Lipinski definition) is 1. The zero-order chi connectivity index (χ0) is 14.8. The molecule has 108 valence electrons. The van der Waals surface area contributed by atoms with Crippen LogP contribution in [0.25, 0.3) is 10.9 Å². The lowest BCUT2D eigenvalue weighted by molar-refractivity contribution is 0.397. The number of aromatic nitrogens is 1. The molecule has 1 aromatic heterocycles. The molecule has 0 atom stereocenters. The predicted octanol–water partition coefficient (Wildman–Crippen LogP) is 2.95. The number of anilines is 1. The fourth-order valence-electron chi connectivity index (χ4n) is 2.36. The first-order valence-corrected chi connectivity index (χ1v) is 6.95. The Morgan fingerprint density at radius 1 is 1.33 bits per heavy atom. The Morgan fingerprint density at radius 3 is 2.76 bits per heavy atom. The molecular weight excluding hydrogens is 266 g/mol. The third-order valence-electron chi connectivity index (χ3n) is 3.75. The van der Waals surface area contributed by atoms with Crippen LogP contribution in [0.2, 0.25) is 0 Å². The second-order valence-electron chi connectivity index (χ2n) is 5.21. The molecule has 3 rings (SSSR count). The van der Waals surface area contributed by atoms with Crippen molar-refractivity contribution in [2.24, 2.45) is 5.92 Å². The van der Waals surface area contributed by atoms with Crippen LogP contribution < -0.4 is 14.8 Å². The molecule has 1 fully saturated rings. The van der Waals surface area contributed by atoms with Gasteiger partial charge in [0.25, 0.3) is 0 Å². The van der Waals surface area contributed by atoms with Crippen molar-refractivity contribution in [1.29, 1.82) is 5.26 Å². The van der Waals surface area contributed by atoms with Crippen LogP contribution in [-0.4, -0.2) is 25.7 Å². The molecule has 1 N–H and O–H groups in total. The molecule has 21 heavy (non-hydrogen) atoms. The van der Waals surface area contributed by atoms with Crippen LogP contribution in [-0.2, 0) is 0 Å². The lowest BCUT2D eigenvalue weighted by atomic mass is 10.1. The van der Waals surface area contributed by atoms with Gasteiger partial charge in [-0.1, -0.05) is 0 Å². The topological polar surface area (TPSA) is 67.2 Å². The van der Waals surface area contributed by atoms with Crippen LogP contribution in [0.1, 0.15) is 18.4 Å². The molecule has 0 aliphatic heterocycles. The van der Waals surface area contributed by atoms with E-state index >= 15 is 0 Å². The standard InChI is InChI=1S/C16H17N3O2/c1-20-12-5-13-15(18-8-10-3-4-10)11(7-17)9-19-16(13)14(6-12)21-2/h5-6,9-10H,3-4,8H2,1-2H3,(H,18,19). The smallest absolute Gasteiger partial charge is 0.148 e. The number of hydrogen-bond acceptors (Lipinski definition) is 5. The minimum Gasteiger partial charge on any atom is -0.497 e. The average molecular weight is 283 g/mol. The van der Waals surface area contributed by atoms with Gasteiger partial charge >= 0.3 is 0 Å². The van der Waals surface area contributed by atoms with Gasteiger partial charge in [0.1, 0.15) is 23.1 Å². The highest BCUT2D eigenvalue weighted by Crippen LogP contribution is 2.36. The monoisotopic (exact) mass is 283 g/mol. The fourth-order valence-corrected chi connectivity index (χ4v) is 2.36. The zero-order valence-electron chi connectivity index (χ0n) is 12.1. The summed E-state index contributed by atoms with van der Waals surface area (Å²) >= 11 is 0. The fraction of sp³-hybridized carbons (Fsp3) is 0.375. The van der Waals surface area contributed by atoms with Gasteiger partial charge in [0.2, 0.25) is 0 Å². The van der Waals surface area contributed by atoms with Crippen molar-refractivity contribution >= 4 is 16.6 Å². The molecule has 0 bridgehead atoms. The molecule has 0 saturated heterocycles. The number of ether oxygens (including phenoxy) is 2.